The lowest BCUT2D eigenvalue weighted by molar-refractivity contribution is 0.0250. The van der Waals surface area contributed by atoms with E-state index >= 15 is 0 Å². The Kier molecular flexibility index (Phi) is 5.82. The van der Waals surface area contributed by atoms with Crippen molar-refractivity contribution in [3.05, 3.63) is 42.2 Å². The number of para-hydroxylation sites is 1. The SMILES string of the molecule is CC(C)(O)COc1nc(/C=N/Nc2c[nH]c3ccccc23)cc(N2CCOCC2)n1. The van der Waals surface area contributed by atoms with Crippen molar-refractivity contribution in [3.63, 3.8) is 0 Å². The van der Waals surface area contributed by atoms with Gasteiger partial charge in [-0.05, 0) is 19.9 Å². The third kappa shape index (κ3) is 5.05. The molecule has 1 aliphatic rings. The maximum absolute atomic E-state index is 9.95. The van der Waals surface area contributed by atoms with Crippen LogP contribution in [0.25, 0.3) is 10.9 Å². The number of nitrogens with one attached hydrogen (secondary N) is 2. The molecule has 0 saturated carbocycles. The van der Waals surface area contributed by atoms with E-state index < -0.39 is 5.60 Å². The molecule has 9 nitrogen and oxygen atoms in total. The summed E-state index contributed by atoms with van der Waals surface area (Å²) in [7, 11) is 0. The number of aromatic amines is 1. The summed E-state index contributed by atoms with van der Waals surface area (Å²) in [6, 6.07) is 10.1. The van der Waals surface area contributed by atoms with Crippen molar-refractivity contribution in [2.45, 2.75) is 19.4 Å². The van der Waals surface area contributed by atoms with Crippen LogP contribution in [0.2, 0.25) is 0 Å². The number of anilines is 2. The molecule has 2 aromatic heterocycles. The maximum atomic E-state index is 9.95. The first kappa shape index (κ1) is 20.1. The van der Waals surface area contributed by atoms with E-state index in [-0.39, 0.29) is 12.6 Å². The Hall–Kier alpha value is -3.17. The number of ether oxygens (including phenoxy) is 2. The number of nitrogens with zero attached hydrogens (tertiary/aromatic N) is 4. The molecule has 1 aliphatic heterocycles. The zero-order valence-electron chi connectivity index (χ0n) is 17.1. The number of hydrogen-bond donors (Lipinski definition) is 3. The second-order valence-corrected chi connectivity index (χ2v) is 7.75. The van der Waals surface area contributed by atoms with Crippen molar-refractivity contribution in [2.75, 3.05) is 43.2 Å². The Balaban J connectivity index is 1.54. The summed E-state index contributed by atoms with van der Waals surface area (Å²) in [5.74, 6) is 0.743. The van der Waals surface area contributed by atoms with E-state index in [0.29, 0.717) is 18.9 Å². The fourth-order valence-corrected chi connectivity index (χ4v) is 3.09. The van der Waals surface area contributed by atoms with Crippen LogP contribution in [0.3, 0.4) is 0 Å². The number of morpholine rings is 1. The van der Waals surface area contributed by atoms with E-state index in [1.807, 2.05) is 36.5 Å². The van der Waals surface area contributed by atoms with Gasteiger partial charge in [-0.2, -0.15) is 15.1 Å². The number of hydrogen-bond acceptors (Lipinski definition) is 8. The highest BCUT2D eigenvalue weighted by atomic mass is 16.5. The molecule has 9 heteroatoms. The van der Waals surface area contributed by atoms with Gasteiger partial charge in [0.1, 0.15) is 12.4 Å². The molecule has 0 amide bonds. The minimum atomic E-state index is -0.983. The number of fused-ring (bicyclic) bond motifs is 1. The average molecular weight is 410 g/mol. The van der Waals surface area contributed by atoms with Crippen molar-refractivity contribution in [3.8, 4) is 6.01 Å². The second kappa shape index (κ2) is 8.68. The van der Waals surface area contributed by atoms with Crippen LogP contribution in [0.5, 0.6) is 6.01 Å². The Bertz CT molecular complexity index is 1020. The van der Waals surface area contributed by atoms with Gasteiger partial charge in [0.25, 0.3) is 0 Å². The molecule has 0 bridgehead atoms. The Morgan fingerprint density at radius 1 is 1.30 bits per heavy atom. The normalized spacial score (nSPS) is 15.1. The largest absolute Gasteiger partial charge is 0.460 e. The van der Waals surface area contributed by atoms with E-state index in [0.717, 1.165) is 35.5 Å². The monoisotopic (exact) mass is 410 g/mol. The predicted molar refractivity (Wildman–Crippen MR) is 116 cm³/mol. The number of H-pyrrole nitrogens is 1. The molecule has 0 atom stereocenters. The zero-order chi connectivity index (χ0) is 21.0. The molecular formula is C21H26N6O3. The lowest BCUT2D eigenvalue weighted by atomic mass is 10.2. The lowest BCUT2D eigenvalue weighted by Crippen LogP contribution is -2.37. The van der Waals surface area contributed by atoms with Gasteiger partial charge < -0.3 is 24.5 Å². The molecule has 3 N–H and O–H groups in total. The van der Waals surface area contributed by atoms with Gasteiger partial charge in [0.05, 0.1) is 36.4 Å². The number of hydrazone groups is 1. The smallest absolute Gasteiger partial charge is 0.319 e. The maximum Gasteiger partial charge on any atom is 0.319 e. The number of rotatable bonds is 7. The summed E-state index contributed by atoms with van der Waals surface area (Å²) >= 11 is 0. The van der Waals surface area contributed by atoms with Gasteiger partial charge in [-0.25, -0.2) is 0 Å². The van der Waals surface area contributed by atoms with Gasteiger partial charge in [0, 0.05) is 36.3 Å². The van der Waals surface area contributed by atoms with Gasteiger partial charge in [0.15, 0.2) is 0 Å². The van der Waals surface area contributed by atoms with Crippen LogP contribution < -0.4 is 15.1 Å². The number of benzene rings is 1. The highest BCUT2D eigenvalue weighted by Crippen LogP contribution is 2.22. The molecule has 1 aromatic carbocycles. The molecule has 4 rings (SSSR count). The Morgan fingerprint density at radius 3 is 2.90 bits per heavy atom. The first-order valence-corrected chi connectivity index (χ1v) is 9.90. The molecule has 3 aromatic rings. The number of aliphatic hydroxyl groups is 1. The van der Waals surface area contributed by atoms with Gasteiger partial charge >= 0.3 is 6.01 Å². The minimum Gasteiger partial charge on any atom is -0.460 e. The van der Waals surface area contributed by atoms with Crippen LogP contribution in [0, 0.1) is 0 Å². The van der Waals surface area contributed by atoms with Crippen LogP contribution in [0.1, 0.15) is 19.5 Å². The predicted octanol–water partition coefficient (Wildman–Crippen LogP) is 2.39. The van der Waals surface area contributed by atoms with E-state index in [9.17, 15) is 5.11 Å². The van der Waals surface area contributed by atoms with Gasteiger partial charge in [-0.1, -0.05) is 18.2 Å². The molecule has 158 valence electrons. The summed E-state index contributed by atoms with van der Waals surface area (Å²) in [5.41, 5.74) is 4.59. The topological polar surface area (TPSA) is 108 Å². The average Bonchev–Trinajstić information content (AvgIpc) is 3.16. The first-order valence-electron chi connectivity index (χ1n) is 9.90. The summed E-state index contributed by atoms with van der Waals surface area (Å²) in [6.45, 7) is 6.21. The van der Waals surface area contributed by atoms with Crippen molar-refractivity contribution < 1.29 is 14.6 Å². The Labute approximate surface area is 174 Å². The fraction of sp³-hybridized carbons (Fsp3) is 0.381. The van der Waals surface area contributed by atoms with E-state index in [4.69, 9.17) is 9.47 Å². The minimum absolute atomic E-state index is 0.0870. The van der Waals surface area contributed by atoms with Crippen molar-refractivity contribution in [2.24, 2.45) is 5.10 Å². The molecule has 1 saturated heterocycles. The summed E-state index contributed by atoms with van der Waals surface area (Å²) in [6.07, 6.45) is 3.50. The second-order valence-electron chi connectivity index (χ2n) is 7.75. The fourth-order valence-electron chi connectivity index (χ4n) is 3.09. The molecule has 3 heterocycles. The van der Waals surface area contributed by atoms with Crippen molar-refractivity contribution >= 4 is 28.6 Å². The molecule has 0 radical (unpaired) electrons. The zero-order valence-corrected chi connectivity index (χ0v) is 17.1. The van der Waals surface area contributed by atoms with Gasteiger partial charge in [0.2, 0.25) is 0 Å². The third-order valence-corrected chi connectivity index (χ3v) is 4.57. The highest BCUT2D eigenvalue weighted by Gasteiger charge is 2.18. The lowest BCUT2D eigenvalue weighted by Gasteiger charge is -2.28. The van der Waals surface area contributed by atoms with E-state index in [1.165, 1.54) is 0 Å². The highest BCUT2D eigenvalue weighted by molar-refractivity contribution is 5.92. The van der Waals surface area contributed by atoms with E-state index in [2.05, 4.69) is 30.4 Å². The number of aromatic nitrogens is 3. The van der Waals surface area contributed by atoms with Crippen LogP contribution in [-0.2, 0) is 4.74 Å². The summed E-state index contributed by atoms with van der Waals surface area (Å²) < 4.78 is 11.1. The molecule has 0 spiro atoms. The quantitative estimate of drug-likeness (QED) is 0.405. The van der Waals surface area contributed by atoms with Gasteiger partial charge in [-0.3, -0.25) is 5.43 Å². The van der Waals surface area contributed by atoms with Gasteiger partial charge in [-0.15, -0.1) is 0 Å². The third-order valence-electron chi connectivity index (χ3n) is 4.57. The summed E-state index contributed by atoms with van der Waals surface area (Å²) in [5, 5.41) is 15.3. The van der Waals surface area contributed by atoms with Crippen LogP contribution in [-0.4, -0.2) is 64.8 Å². The standard InChI is InChI=1S/C21H26N6O3/c1-21(2,28)14-30-20-24-15(11-19(25-20)27-7-9-29-10-8-27)12-23-26-18-13-22-17-6-4-3-5-16(17)18/h3-6,11-13,22,26,28H,7-10,14H2,1-2H3/b23-12+. The Morgan fingerprint density at radius 2 is 2.10 bits per heavy atom. The van der Waals surface area contributed by atoms with E-state index in [1.54, 1.807) is 20.1 Å². The first-order chi connectivity index (χ1) is 14.5. The molecule has 30 heavy (non-hydrogen) atoms. The molecular weight excluding hydrogens is 384 g/mol. The van der Waals surface area contributed by atoms with Crippen LogP contribution in [0.15, 0.2) is 41.6 Å². The molecule has 1 fully saturated rings. The van der Waals surface area contributed by atoms with Crippen LogP contribution >= 0.6 is 0 Å². The van der Waals surface area contributed by atoms with Crippen LogP contribution in [0.4, 0.5) is 11.5 Å². The molecule has 0 aliphatic carbocycles. The van der Waals surface area contributed by atoms with Crippen molar-refractivity contribution in [1.82, 2.24) is 15.0 Å². The summed E-state index contributed by atoms with van der Waals surface area (Å²) in [4.78, 5) is 14.2. The molecule has 0 unspecified atom stereocenters. The van der Waals surface area contributed by atoms with Crippen molar-refractivity contribution in [1.29, 1.82) is 0 Å².